The first kappa shape index (κ1) is 53.5. The van der Waals surface area contributed by atoms with Gasteiger partial charge in [-0.05, 0) is 156 Å². The second-order valence-corrected chi connectivity index (χ2v) is 22.5. The molecule has 6 heterocycles. The van der Waals surface area contributed by atoms with E-state index in [1.807, 2.05) is 0 Å². The van der Waals surface area contributed by atoms with Gasteiger partial charge in [0.25, 0.3) is 0 Å². The predicted molar refractivity (Wildman–Crippen MR) is 301 cm³/mol. The molecule has 0 amide bonds. The normalized spacial score (nSPS) is 21.7. The summed E-state index contributed by atoms with van der Waals surface area (Å²) >= 11 is 0. The highest BCUT2D eigenvalue weighted by Gasteiger charge is 2.37. The van der Waals surface area contributed by atoms with Crippen molar-refractivity contribution in [3.8, 4) is 34.5 Å². The Morgan fingerprint density at radius 3 is 1.23 bits per heavy atom. The molecular formula is C67H76O12. The minimum Gasteiger partial charge on any atom is -0.491 e. The largest absolute Gasteiger partial charge is 0.491 e. The first-order chi connectivity index (χ1) is 38.8. The van der Waals surface area contributed by atoms with Gasteiger partial charge in [-0.1, -0.05) is 93.6 Å². The minimum atomic E-state index is -0.337. The van der Waals surface area contributed by atoms with Crippen molar-refractivity contribution >= 4 is 0 Å². The van der Waals surface area contributed by atoms with Crippen LogP contribution in [0.4, 0.5) is 0 Å². The summed E-state index contributed by atoms with van der Waals surface area (Å²) < 4.78 is 71.9. The number of benzene rings is 6. The molecule has 0 N–H and O–H groups in total. The maximum atomic E-state index is 7.24. The summed E-state index contributed by atoms with van der Waals surface area (Å²) in [7, 11) is 0. The highest BCUT2D eigenvalue weighted by atomic mass is 16.6. The minimum absolute atomic E-state index is 0.0653. The molecule has 6 aromatic carbocycles. The summed E-state index contributed by atoms with van der Waals surface area (Å²) in [5, 5.41) is 0. The molecule has 0 radical (unpaired) electrons. The molecule has 6 aromatic rings. The number of ether oxygens (including phenoxy) is 12. The molecule has 0 bridgehead atoms. The number of hydrogen-bond acceptors (Lipinski definition) is 12. The van der Waals surface area contributed by atoms with Gasteiger partial charge in [-0.2, -0.15) is 0 Å². The molecule has 6 aliphatic heterocycles. The molecule has 12 rings (SSSR count). The molecule has 6 saturated heterocycles. The van der Waals surface area contributed by atoms with Crippen molar-refractivity contribution in [2.24, 2.45) is 0 Å². The predicted octanol–water partition coefficient (Wildman–Crippen LogP) is 11.2. The van der Waals surface area contributed by atoms with E-state index in [2.05, 4.69) is 142 Å². The summed E-state index contributed by atoms with van der Waals surface area (Å²) in [5.41, 5.74) is 11.8. The fourth-order valence-electron chi connectivity index (χ4n) is 10.7. The van der Waals surface area contributed by atoms with E-state index in [1.165, 1.54) is 55.6 Å². The molecule has 7 atom stereocenters. The summed E-state index contributed by atoms with van der Waals surface area (Å²) in [4.78, 5) is 0. The Balaban J connectivity index is 0.900. The molecule has 12 heteroatoms. The van der Waals surface area contributed by atoms with Gasteiger partial charge in [-0.15, -0.1) is 0 Å². The van der Waals surface area contributed by atoms with Crippen LogP contribution in [0.1, 0.15) is 102 Å². The van der Waals surface area contributed by atoms with E-state index in [-0.39, 0.29) is 48.0 Å². The molecule has 0 aliphatic carbocycles. The van der Waals surface area contributed by atoms with Gasteiger partial charge < -0.3 is 56.8 Å². The quantitative estimate of drug-likeness (QED) is 0.0364. The van der Waals surface area contributed by atoms with Gasteiger partial charge in [0.15, 0.2) is 0 Å². The lowest BCUT2D eigenvalue weighted by Crippen LogP contribution is -2.30. The second-order valence-electron chi connectivity index (χ2n) is 22.5. The standard InChI is InChI=1S/C67H76O12/c1-4-50(62-28-48(14-22-65(62)78-42-60-39-75-60)24-45-9-17-54(18-10-45)69-33-57-36-72-57)30-51-27-49(25-46-11-19-55(20-12-46)70-34-58-37-73-58)29-63(66(51)79-43-61-40-76-61)67(5-2,6-3)31-52-26-47(13-21-64(52)77-41-59-38-74-59)23-44-7-15-53(16-8-44)68-32-56-35-71-56/h7-22,26-29,50,56-61H,4-6,23-25,30-43H2,1-3H3. The van der Waals surface area contributed by atoms with Gasteiger partial charge in [0.1, 0.15) is 111 Å². The van der Waals surface area contributed by atoms with Crippen LogP contribution in [0.15, 0.2) is 121 Å². The lowest BCUT2D eigenvalue weighted by atomic mass is 9.69. The third-order valence-electron chi connectivity index (χ3n) is 16.3. The van der Waals surface area contributed by atoms with Gasteiger partial charge in [0.2, 0.25) is 0 Å². The Morgan fingerprint density at radius 1 is 0.405 bits per heavy atom. The number of hydrogen-bond donors (Lipinski definition) is 0. The monoisotopic (exact) mass is 1070 g/mol. The van der Waals surface area contributed by atoms with Gasteiger partial charge in [0, 0.05) is 11.0 Å². The Kier molecular flexibility index (Phi) is 16.7. The zero-order valence-corrected chi connectivity index (χ0v) is 46.1. The SMILES string of the molecule is CCC(Cc1cc(Cc2ccc(OCC3CO3)cc2)cc(C(CC)(CC)Cc2cc(Cc3ccc(OCC4CO4)cc3)ccc2OCC2CO2)c1OCC1CO1)c1cc(Cc2ccc(OCC3CO3)cc2)ccc1OCC1CO1. The van der Waals surface area contributed by atoms with Gasteiger partial charge in [0.05, 0.1) is 39.6 Å². The Morgan fingerprint density at radius 2 is 0.785 bits per heavy atom. The van der Waals surface area contributed by atoms with Gasteiger partial charge >= 0.3 is 0 Å². The Labute approximate surface area is 465 Å². The average Bonchev–Trinajstić information content (AvgIpc) is 4.30. The van der Waals surface area contributed by atoms with Crippen molar-refractivity contribution in [1.29, 1.82) is 0 Å². The van der Waals surface area contributed by atoms with Crippen molar-refractivity contribution in [2.75, 3.05) is 79.3 Å². The van der Waals surface area contributed by atoms with Gasteiger partial charge in [-0.25, -0.2) is 0 Å². The van der Waals surface area contributed by atoms with E-state index in [4.69, 9.17) is 56.8 Å². The summed E-state index contributed by atoms with van der Waals surface area (Å²) in [6, 6.07) is 43.9. The molecule has 0 spiro atoms. The topological polar surface area (TPSA) is 131 Å². The van der Waals surface area contributed by atoms with Crippen LogP contribution in [0.25, 0.3) is 0 Å². The molecule has 0 aromatic heterocycles. The molecule has 0 saturated carbocycles. The third kappa shape index (κ3) is 15.0. The fourth-order valence-corrected chi connectivity index (χ4v) is 10.7. The highest BCUT2D eigenvalue weighted by molar-refractivity contribution is 5.54. The maximum absolute atomic E-state index is 7.24. The van der Waals surface area contributed by atoms with Crippen LogP contribution in [0.3, 0.4) is 0 Å². The van der Waals surface area contributed by atoms with Crippen LogP contribution < -0.4 is 28.4 Å². The summed E-state index contributed by atoms with van der Waals surface area (Å²) in [5.74, 6) is 5.46. The smallest absolute Gasteiger partial charge is 0.126 e. The zero-order valence-electron chi connectivity index (χ0n) is 46.1. The number of rotatable bonds is 33. The number of epoxide rings is 6. The molecule has 7 unspecified atom stereocenters. The first-order valence-corrected chi connectivity index (χ1v) is 29.0. The van der Waals surface area contributed by atoms with Crippen LogP contribution >= 0.6 is 0 Å². The van der Waals surface area contributed by atoms with Crippen molar-refractivity contribution in [3.63, 3.8) is 0 Å². The highest BCUT2D eigenvalue weighted by Crippen LogP contribution is 2.47. The zero-order chi connectivity index (χ0) is 53.5. The lowest BCUT2D eigenvalue weighted by Gasteiger charge is -2.36. The molecule has 79 heavy (non-hydrogen) atoms. The van der Waals surface area contributed by atoms with Crippen LogP contribution in [0.2, 0.25) is 0 Å². The first-order valence-electron chi connectivity index (χ1n) is 29.0. The molecule has 6 fully saturated rings. The molecular weight excluding hydrogens is 997 g/mol. The van der Waals surface area contributed by atoms with Crippen LogP contribution in [0.5, 0.6) is 34.5 Å². The van der Waals surface area contributed by atoms with Crippen molar-refractivity contribution in [1.82, 2.24) is 0 Å². The van der Waals surface area contributed by atoms with Crippen LogP contribution in [-0.2, 0) is 65.9 Å². The maximum Gasteiger partial charge on any atom is 0.126 e. The van der Waals surface area contributed by atoms with Gasteiger partial charge in [-0.3, -0.25) is 0 Å². The van der Waals surface area contributed by atoms with E-state index in [1.54, 1.807) is 0 Å². The van der Waals surface area contributed by atoms with E-state index in [9.17, 15) is 0 Å². The Hall–Kier alpha value is -6.12. The van der Waals surface area contributed by atoms with Crippen molar-refractivity contribution in [3.05, 3.63) is 177 Å². The van der Waals surface area contributed by atoms with E-state index in [0.717, 1.165) is 119 Å². The van der Waals surface area contributed by atoms with E-state index in [0.29, 0.717) is 46.2 Å². The summed E-state index contributed by atoms with van der Waals surface area (Å²) in [6.07, 6.45) is 7.39. The van der Waals surface area contributed by atoms with Crippen LogP contribution in [0, 0.1) is 0 Å². The van der Waals surface area contributed by atoms with E-state index < -0.39 is 0 Å². The molecule has 12 nitrogen and oxygen atoms in total. The third-order valence-corrected chi connectivity index (χ3v) is 16.3. The van der Waals surface area contributed by atoms with Crippen molar-refractivity contribution in [2.45, 2.75) is 120 Å². The molecule has 6 aliphatic rings. The molecule has 416 valence electrons. The van der Waals surface area contributed by atoms with Crippen LogP contribution in [-0.4, -0.2) is 116 Å². The fraction of sp³-hybridized carbons (Fsp3) is 0.463. The lowest BCUT2D eigenvalue weighted by molar-refractivity contribution is 0.248. The summed E-state index contributed by atoms with van der Waals surface area (Å²) in [6.45, 7) is 14.7. The van der Waals surface area contributed by atoms with Crippen molar-refractivity contribution < 1.29 is 56.8 Å². The second kappa shape index (κ2) is 24.7. The van der Waals surface area contributed by atoms with E-state index >= 15 is 0 Å². The average molecular weight is 1070 g/mol. The Bertz CT molecular complexity index is 2950.